The number of aliphatic carboxylic acids is 1. The van der Waals surface area contributed by atoms with Crippen LogP contribution in [0.2, 0.25) is 0 Å². The minimum atomic E-state index is -1.23. The van der Waals surface area contributed by atoms with Crippen LogP contribution in [0.4, 0.5) is 0 Å². The molecule has 2 fully saturated rings. The van der Waals surface area contributed by atoms with E-state index in [-0.39, 0.29) is 17.6 Å². The molecule has 1 aliphatic carbocycles. The third kappa shape index (κ3) is 4.94. The predicted octanol–water partition coefficient (Wildman–Crippen LogP) is 4.74. The van der Waals surface area contributed by atoms with Crippen molar-refractivity contribution in [3.63, 3.8) is 0 Å². The van der Waals surface area contributed by atoms with Crippen molar-refractivity contribution in [2.75, 3.05) is 21.3 Å². The van der Waals surface area contributed by atoms with Crippen molar-refractivity contribution in [1.29, 1.82) is 0 Å². The summed E-state index contributed by atoms with van der Waals surface area (Å²) >= 11 is 0. The van der Waals surface area contributed by atoms with Crippen LogP contribution in [0.15, 0.2) is 72.8 Å². The van der Waals surface area contributed by atoms with Gasteiger partial charge in [-0.1, -0.05) is 24.3 Å². The Labute approximate surface area is 227 Å². The third-order valence-corrected chi connectivity index (χ3v) is 7.74. The average molecular weight is 530 g/mol. The molecule has 4 unspecified atom stereocenters. The molecule has 1 aliphatic heterocycles. The quantitative estimate of drug-likeness (QED) is 0.400. The molecule has 0 spiro atoms. The number of ketones is 1. The van der Waals surface area contributed by atoms with E-state index in [1.807, 2.05) is 0 Å². The number of benzene rings is 3. The molecule has 5 rings (SSSR count). The molecule has 1 saturated carbocycles. The molecule has 1 amide bonds. The van der Waals surface area contributed by atoms with Crippen LogP contribution in [-0.4, -0.2) is 55.0 Å². The van der Waals surface area contributed by atoms with Crippen LogP contribution in [0.1, 0.15) is 46.3 Å². The van der Waals surface area contributed by atoms with Gasteiger partial charge in [0.05, 0.1) is 33.3 Å². The number of carboxylic acids is 1. The fourth-order valence-electron chi connectivity index (χ4n) is 5.64. The Morgan fingerprint density at radius 3 is 1.62 bits per heavy atom. The van der Waals surface area contributed by atoms with Gasteiger partial charge in [0.2, 0.25) is 5.91 Å². The van der Waals surface area contributed by atoms with Crippen LogP contribution in [0.3, 0.4) is 0 Å². The Hall–Kier alpha value is -4.33. The molecule has 0 bridgehead atoms. The summed E-state index contributed by atoms with van der Waals surface area (Å²) in [5.74, 6) is -1.67. The van der Waals surface area contributed by atoms with E-state index in [1.165, 1.54) is 4.90 Å². The van der Waals surface area contributed by atoms with Crippen LogP contribution in [0.5, 0.6) is 17.2 Å². The molecule has 3 aromatic rings. The molecule has 2 aliphatic rings. The Balaban J connectivity index is 1.71. The van der Waals surface area contributed by atoms with E-state index in [9.17, 15) is 19.5 Å². The van der Waals surface area contributed by atoms with Gasteiger partial charge in [0, 0.05) is 17.4 Å². The number of nitrogens with zero attached hydrogens (tertiary/aromatic N) is 1. The second-order valence-corrected chi connectivity index (χ2v) is 9.94. The Kier molecular flexibility index (Phi) is 7.28. The molecule has 8 nitrogen and oxygen atoms in total. The third-order valence-electron chi connectivity index (χ3n) is 7.74. The average Bonchev–Trinajstić information content (AvgIpc) is 3.77. The van der Waals surface area contributed by atoms with Crippen LogP contribution >= 0.6 is 0 Å². The molecule has 4 atom stereocenters. The van der Waals surface area contributed by atoms with E-state index >= 15 is 0 Å². The lowest BCUT2D eigenvalue weighted by atomic mass is 9.76. The normalized spacial score (nSPS) is 22.3. The van der Waals surface area contributed by atoms with Gasteiger partial charge in [-0.05, 0) is 72.5 Å². The molecule has 1 N–H and O–H groups in total. The summed E-state index contributed by atoms with van der Waals surface area (Å²) in [4.78, 5) is 42.6. The highest BCUT2D eigenvalue weighted by atomic mass is 16.5. The highest BCUT2D eigenvalue weighted by Gasteiger charge is 2.59. The van der Waals surface area contributed by atoms with Crippen molar-refractivity contribution in [3.8, 4) is 17.2 Å². The van der Waals surface area contributed by atoms with Crippen LogP contribution in [-0.2, 0) is 9.59 Å². The van der Waals surface area contributed by atoms with Crippen molar-refractivity contribution in [3.05, 3.63) is 89.5 Å². The van der Waals surface area contributed by atoms with Crippen molar-refractivity contribution in [2.24, 2.45) is 11.8 Å². The largest absolute Gasteiger partial charge is 0.497 e. The number of carboxylic acid groups (broad SMARTS) is 1. The summed E-state index contributed by atoms with van der Waals surface area (Å²) in [5.41, 5.74) is 1.75. The van der Waals surface area contributed by atoms with Gasteiger partial charge in [0.25, 0.3) is 0 Å². The van der Waals surface area contributed by atoms with Gasteiger partial charge in [-0.2, -0.15) is 0 Å². The first-order valence-electron chi connectivity index (χ1n) is 12.9. The highest BCUT2D eigenvalue weighted by Crippen LogP contribution is 2.53. The first kappa shape index (κ1) is 26.3. The second-order valence-electron chi connectivity index (χ2n) is 9.94. The van der Waals surface area contributed by atoms with E-state index in [0.29, 0.717) is 46.8 Å². The van der Waals surface area contributed by atoms with Crippen molar-refractivity contribution in [2.45, 2.75) is 30.8 Å². The molecule has 8 heteroatoms. The molecule has 1 heterocycles. The number of carbonyl (C=O) groups excluding carboxylic acids is 2. The fraction of sp³-hybridized carbons (Fsp3) is 0.323. The molecule has 39 heavy (non-hydrogen) atoms. The van der Waals surface area contributed by atoms with Crippen molar-refractivity contribution < 1.29 is 33.7 Å². The maximum Gasteiger partial charge on any atom is 0.327 e. The first-order chi connectivity index (χ1) is 18.9. The maximum absolute atomic E-state index is 14.4. The Bertz CT molecular complexity index is 1350. The van der Waals surface area contributed by atoms with Gasteiger partial charge in [-0.3, -0.25) is 9.59 Å². The van der Waals surface area contributed by atoms with Crippen molar-refractivity contribution in [1.82, 2.24) is 4.90 Å². The lowest BCUT2D eigenvalue weighted by Gasteiger charge is -2.30. The van der Waals surface area contributed by atoms with E-state index in [2.05, 4.69) is 0 Å². The standard InChI is InChI=1S/C31H31NO7/c1-37-22-12-6-18(7-13-22)25-26(29(33)20-10-16-24(39-3)17-11-20)27(19-8-14-23(38-2)15-9-19)32(28(25)31(35)36)30(34)21-4-5-21/h6-17,21,25-28H,4-5H2,1-3H3,(H,35,36). The summed E-state index contributed by atoms with van der Waals surface area (Å²) in [5, 5.41) is 10.6. The van der Waals surface area contributed by atoms with Gasteiger partial charge in [0.1, 0.15) is 23.3 Å². The summed E-state index contributed by atoms with van der Waals surface area (Å²) in [7, 11) is 4.66. The summed E-state index contributed by atoms with van der Waals surface area (Å²) < 4.78 is 15.9. The van der Waals surface area contributed by atoms with Crippen LogP contribution in [0, 0.1) is 11.8 Å². The number of carbonyl (C=O) groups is 3. The fourth-order valence-corrected chi connectivity index (χ4v) is 5.64. The maximum atomic E-state index is 14.4. The predicted molar refractivity (Wildman–Crippen MR) is 143 cm³/mol. The van der Waals surface area contributed by atoms with E-state index in [0.717, 1.165) is 0 Å². The molecule has 0 radical (unpaired) electrons. The topological polar surface area (TPSA) is 102 Å². The lowest BCUT2D eigenvalue weighted by Crippen LogP contribution is -2.44. The van der Waals surface area contributed by atoms with Gasteiger partial charge < -0.3 is 24.2 Å². The van der Waals surface area contributed by atoms with E-state index < -0.39 is 29.9 Å². The minimum Gasteiger partial charge on any atom is -0.497 e. The monoisotopic (exact) mass is 529 g/mol. The van der Waals surface area contributed by atoms with Crippen molar-refractivity contribution >= 4 is 17.7 Å². The Morgan fingerprint density at radius 2 is 1.18 bits per heavy atom. The number of hydrogen-bond donors (Lipinski definition) is 1. The number of amides is 1. The molecule has 202 valence electrons. The number of rotatable bonds is 9. The smallest absolute Gasteiger partial charge is 0.327 e. The van der Waals surface area contributed by atoms with Crippen LogP contribution < -0.4 is 14.2 Å². The first-order valence-corrected chi connectivity index (χ1v) is 12.9. The summed E-state index contributed by atoms with van der Waals surface area (Å²) in [6.45, 7) is 0. The number of hydrogen-bond acceptors (Lipinski definition) is 6. The summed E-state index contributed by atoms with van der Waals surface area (Å²) in [6.07, 6.45) is 1.42. The van der Waals surface area contributed by atoms with Crippen LogP contribution in [0.25, 0.3) is 0 Å². The molecule has 0 aromatic heterocycles. The van der Waals surface area contributed by atoms with Gasteiger partial charge in [-0.15, -0.1) is 0 Å². The minimum absolute atomic E-state index is 0.230. The zero-order chi connectivity index (χ0) is 27.7. The second kappa shape index (κ2) is 10.8. The number of ether oxygens (including phenoxy) is 3. The SMILES string of the molecule is COc1ccc(C(=O)C2C(c3ccc(OC)cc3)C(C(=O)O)N(C(=O)C3CC3)C2c2ccc(OC)cc2)cc1. The Morgan fingerprint density at radius 1 is 0.718 bits per heavy atom. The lowest BCUT2D eigenvalue weighted by molar-refractivity contribution is -0.150. The molecular formula is C31H31NO7. The highest BCUT2D eigenvalue weighted by molar-refractivity contribution is 6.01. The number of Topliss-reactive ketones (excluding diaryl/α,β-unsaturated/α-hetero) is 1. The molecule has 1 saturated heterocycles. The zero-order valence-corrected chi connectivity index (χ0v) is 22.1. The summed E-state index contributed by atoms with van der Waals surface area (Å²) in [6, 6.07) is 18.9. The number of likely N-dealkylation sites (tertiary alicyclic amines) is 1. The zero-order valence-electron chi connectivity index (χ0n) is 22.1. The van der Waals surface area contributed by atoms with E-state index in [1.54, 1.807) is 94.1 Å². The molecular weight excluding hydrogens is 498 g/mol. The number of methoxy groups -OCH3 is 3. The van der Waals surface area contributed by atoms with Gasteiger partial charge >= 0.3 is 5.97 Å². The van der Waals surface area contributed by atoms with Gasteiger partial charge in [0.15, 0.2) is 5.78 Å². The van der Waals surface area contributed by atoms with Gasteiger partial charge in [-0.25, -0.2) is 4.79 Å². The molecule has 3 aromatic carbocycles. The van der Waals surface area contributed by atoms with E-state index in [4.69, 9.17) is 14.2 Å².